The fourth-order valence-electron chi connectivity index (χ4n) is 3.26. The van der Waals surface area contributed by atoms with E-state index >= 15 is 0 Å². The Bertz CT molecular complexity index is 1260. The zero-order chi connectivity index (χ0) is 22.2. The number of hydrogen-bond donors (Lipinski definition) is 3. The molecule has 2 aromatic carbocycles. The molecule has 3 N–H and O–H groups in total. The number of nitrogens with one attached hydrogen (secondary N) is 2. The number of rotatable bonds is 4. The first-order valence-electron chi connectivity index (χ1n) is 9.02. The van der Waals surface area contributed by atoms with Gasteiger partial charge in [0.1, 0.15) is 16.3 Å². The molecule has 3 amide bonds. The monoisotopic (exact) mass is 461 g/mol. The summed E-state index contributed by atoms with van der Waals surface area (Å²) in [6.07, 6.45) is -1.11. The van der Waals surface area contributed by atoms with Crippen LogP contribution in [-0.2, 0) is 16.4 Å². The van der Waals surface area contributed by atoms with Crippen molar-refractivity contribution in [2.75, 3.05) is 10.2 Å². The molecule has 8 nitrogen and oxygen atoms in total. The van der Waals surface area contributed by atoms with Gasteiger partial charge in [-0.05, 0) is 41.3 Å². The molecule has 0 bridgehead atoms. The Morgan fingerprint density at radius 1 is 1.16 bits per heavy atom. The van der Waals surface area contributed by atoms with Gasteiger partial charge in [0, 0.05) is 17.7 Å². The number of carbonyl (C=O) groups is 2. The predicted octanol–water partition coefficient (Wildman–Crippen LogP) is 2.92. The van der Waals surface area contributed by atoms with E-state index in [4.69, 9.17) is 0 Å². The van der Waals surface area contributed by atoms with Gasteiger partial charge in [0.25, 0.3) is 15.9 Å². The summed E-state index contributed by atoms with van der Waals surface area (Å²) in [5.41, 5.74) is 0.842. The lowest BCUT2D eigenvalue weighted by Gasteiger charge is -2.33. The molecule has 1 atom stereocenters. The van der Waals surface area contributed by atoms with E-state index in [1.54, 1.807) is 29.6 Å². The van der Waals surface area contributed by atoms with Crippen LogP contribution in [0.2, 0.25) is 0 Å². The van der Waals surface area contributed by atoms with E-state index in [1.165, 1.54) is 24.3 Å². The third-order valence-corrected chi connectivity index (χ3v) is 7.35. The second kappa shape index (κ2) is 8.10. The number of urea groups is 1. The average molecular weight is 461 g/mol. The van der Waals surface area contributed by atoms with Gasteiger partial charge >= 0.3 is 6.03 Å². The number of nitrogens with zero attached hydrogens (tertiary/aromatic N) is 1. The van der Waals surface area contributed by atoms with Gasteiger partial charge in [0.05, 0.1) is 5.69 Å². The van der Waals surface area contributed by atoms with Crippen LogP contribution in [0.5, 0.6) is 0 Å². The SMILES string of the molecule is O=C(Nc1ccc(N2C(=O)c3ccccc3CC2O)c(F)c1)NS(=O)(=O)c1cccs1. The molecule has 0 fully saturated rings. The number of carbonyl (C=O) groups excluding carboxylic acids is 2. The Labute approximate surface area is 181 Å². The van der Waals surface area contributed by atoms with Crippen LogP contribution in [0.15, 0.2) is 64.2 Å². The number of benzene rings is 2. The molecule has 2 heterocycles. The first-order chi connectivity index (χ1) is 14.8. The smallest absolute Gasteiger partial charge is 0.333 e. The fraction of sp³-hybridized carbons (Fsp3) is 0.100. The summed E-state index contributed by atoms with van der Waals surface area (Å²) in [6.45, 7) is 0. The number of aliphatic hydroxyl groups is 1. The minimum Gasteiger partial charge on any atom is -0.373 e. The molecule has 0 saturated carbocycles. The predicted molar refractivity (Wildman–Crippen MR) is 113 cm³/mol. The number of anilines is 2. The highest BCUT2D eigenvalue weighted by molar-refractivity contribution is 7.92. The van der Waals surface area contributed by atoms with E-state index in [2.05, 4.69) is 5.32 Å². The Balaban J connectivity index is 1.52. The van der Waals surface area contributed by atoms with Gasteiger partial charge in [-0.2, -0.15) is 0 Å². The molecule has 1 aliphatic heterocycles. The van der Waals surface area contributed by atoms with Gasteiger partial charge in [-0.15, -0.1) is 11.3 Å². The van der Waals surface area contributed by atoms with Crippen molar-refractivity contribution in [2.45, 2.75) is 16.9 Å². The van der Waals surface area contributed by atoms with Gasteiger partial charge < -0.3 is 10.4 Å². The minimum atomic E-state index is -4.04. The maximum absolute atomic E-state index is 14.8. The first kappa shape index (κ1) is 21.0. The van der Waals surface area contributed by atoms with Crippen LogP contribution in [0.25, 0.3) is 0 Å². The van der Waals surface area contributed by atoms with Gasteiger partial charge in [-0.25, -0.2) is 22.3 Å². The second-order valence-corrected chi connectivity index (χ2v) is 9.53. The molecule has 1 aromatic heterocycles. The lowest BCUT2D eigenvalue weighted by atomic mass is 9.97. The van der Waals surface area contributed by atoms with Crippen molar-refractivity contribution in [1.29, 1.82) is 0 Å². The molecule has 1 unspecified atom stereocenters. The molecule has 1 aliphatic rings. The quantitative estimate of drug-likeness (QED) is 0.553. The van der Waals surface area contributed by atoms with Crippen molar-refractivity contribution in [3.63, 3.8) is 0 Å². The van der Waals surface area contributed by atoms with E-state index < -0.39 is 34.0 Å². The third kappa shape index (κ3) is 4.15. The fourth-order valence-corrected chi connectivity index (χ4v) is 5.16. The highest BCUT2D eigenvalue weighted by atomic mass is 32.2. The summed E-state index contributed by atoms with van der Waals surface area (Å²) in [6, 6.07) is 12.0. The zero-order valence-corrected chi connectivity index (χ0v) is 17.4. The van der Waals surface area contributed by atoms with E-state index in [0.717, 1.165) is 22.3 Å². The summed E-state index contributed by atoms with van der Waals surface area (Å²) < 4.78 is 40.7. The van der Waals surface area contributed by atoms with E-state index in [1.807, 2.05) is 4.72 Å². The number of hydrogen-bond acceptors (Lipinski definition) is 6. The Morgan fingerprint density at radius 2 is 1.94 bits per heavy atom. The first-order valence-corrected chi connectivity index (χ1v) is 11.4. The Kier molecular flexibility index (Phi) is 5.48. The second-order valence-electron chi connectivity index (χ2n) is 6.67. The number of thiophene rings is 1. The molecular weight excluding hydrogens is 445 g/mol. The molecule has 11 heteroatoms. The van der Waals surface area contributed by atoms with Gasteiger partial charge in [-0.3, -0.25) is 9.69 Å². The number of fused-ring (bicyclic) bond motifs is 1. The molecule has 0 radical (unpaired) electrons. The molecular formula is C20H16FN3O5S2. The molecule has 31 heavy (non-hydrogen) atoms. The van der Waals surface area contributed by atoms with Crippen molar-refractivity contribution in [3.05, 3.63) is 76.9 Å². The van der Waals surface area contributed by atoms with Gasteiger partial charge in [0.2, 0.25) is 0 Å². The van der Waals surface area contributed by atoms with Crippen molar-refractivity contribution >= 4 is 44.7 Å². The topological polar surface area (TPSA) is 116 Å². The van der Waals surface area contributed by atoms with Gasteiger partial charge in [0.15, 0.2) is 0 Å². The Morgan fingerprint density at radius 3 is 2.65 bits per heavy atom. The van der Waals surface area contributed by atoms with Crippen LogP contribution in [0, 0.1) is 5.82 Å². The van der Waals surface area contributed by atoms with Crippen LogP contribution in [-0.4, -0.2) is 31.7 Å². The highest BCUT2D eigenvalue weighted by Crippen LogP contribution is 2.31. The summed E-state index contributed by atoms with van der Waals surface area (Å²) in [7, 11) is -4.04. The maximum atomic E-state index is 14.8. The van der Waals surface area contributed by atoms with Crippen LogP contribution in [0.4, 0.5) is 20.6 Å². The standard InChI is InChI=1S/C20H16FN3O5S2/c21-15-11-13(22-20(27)23-31(28,29)18-6-3-9-30-18)7-8-16(15)24-17(25)10-12-4-1-2-5-14(12)19(24)26/h1-9,11,17,25H,10H2,(H2,22,23,27). The van der Waals surface area contributed by atoms with Crippen molar-refractivity contribution in [1.82, 2.24) is 4.72 Å². The minimum absolute atomic E-state index is 0.0283. The van der Waals surface area contributed by atoms with Crippen LogP contribution < -0.4 is 14.9 Å². The summed E-state index contributed by atoms with van der Waals surface area (Å²) in [4.78, 5) is 25.8. The van der Waals surface area contributed by atoms with Gasteiger partial charge in [-0.1, -0.05) is 24.3 Å². The van der Waals surface area contributed by atoms with Crippen LogP contribution in [0.1, 0.15) is 15.9 Å². The van der Waals surface area contributed by atoms with Crippen molar-refractivity contribution < 1.29 is 27.5 Å². The van der Waals surface area contributed by atoms with Crippen LogP contribution >= 0.6 is 11.3 Å². The number of aliphatic hydroxyl groups excluding tert-OH is 1. The molecule has 0 spiro atoms. The number of sulfonamides is 1. The zero-order valence-electron chi connectivity index (χ0n) is 15.8. The van der Waals surface area contributed by atoms with Crippen molar-refractivity contribution in [3.8, 4) is 0 Å². The van der Waals surface area contributed by atoms with Crippen molar-refractivity contribution in [2.24, 2.45) is 0 Å². The molecule has 4 rings (SSSR count). The molecule has 0 aliphatic carbocycles. The van der Waals surface area contributed by atoms with Crippen LogP contribution in [0.3, 0.4) is 0 Å². The summed E-state index contributed by atoms with van der Waals surface area (Å²) in [5, 5.41) is 14.2. The van der Waals surface area contributed by atoms with E-state index in [-0.39, 0.29) is 22.0 Å². The maximum Gasteiger partial charge on any atom is 0.333 e. The third-order valence-electron chi connectivity index (χ3n) is 4.62. The lowest BCUT2D eigenvalue weighted by Crippen LogP contribution is -2.46. The largest absolute Gasteiger partial charge is 0.373 e. The number of amides is 3. The number of halogens is 1. The lowest BCUT2D eigenvalue weighted by molar-refractivity contribution is 0.0858. The highest BCUT2D eigenvalue weighted by Gasteiger charge is 2.33. The molecule has 3 aromatic rings. The molecule has 0 saturated heterocycles. The summed E-state index contributed by atoms with van der Waals surface area (Å²) in [5.74, 6) is -1.42. The Hall–Kier alpha value is -3.28. The normalized spacial score (nSPS) is 16.0. The molecule has 160 valence electrons. The van der Waals surface area contributed by atoms with E-state index in [9.17, 15) is 27.5 Å². The average Bonchev–Trinajstić information content (AvgIpc) is 3.25. The van der Waals surface area contributed by atoms with E-state index in [0.29, 0.717) is 11.1 Å². The summed E-state index contributed by atoms with van der Waals surface area (Å²) >= 11 is 0.942.